The van der Waals surface area contributed by atoms with E-state index in [2.05, 4.69) is 47.6 Å². The standard InChI is InChI=1S/C15H19.Zr/c1-8-7-14-12(5)10(3)11(4)13(6)15(14)9(8)2;/h7H,1-6H3;/q-1;. The molecule has 0 aliphatic rings. The first-order valence-corrected chi connectivity index (χ1v) is 5.58. The van der Waals surface area contributed by atoms with Gasteiger partial charge in [0.05, 0.1) is 0 Å². The summed E-state index contributed by atoms with van der Waals surface area (Å²) in [5.74, 6) is 0. The molecule has 0 aliphatic heterocycles. The molecule has 0 radical (unpaired) electrons. The van der Waals surface area contributed by atoms with Gasteiger partial charge in [0, 0.05) is 26.2 Å². The zero-order valence-electron chi connectivity index (χ0n) is 11.1. The number of rotatable bonds is 0. The fourth-order valence-corrected chi connectivity index (χ4v) is 2.53. The molecule has 0 saturated carbocycles. The largest absolute Gasteiger partial charge is 0.153 e. The molecule has 0 N–H and O–H groups in total. The van der Waals surface area contributed by atoms with Crippen LogP contribution >= 0.6 is 0 Å². The van der Waals surface area contributed by atoms with Gasteiger partial charge >= 0.3 is 0 Å². The number of hydrogen-bond donors (Lipinski definition) is 0. The van der Waals surface area contributed by atoms with Crippen LogP contribution in [0.25, 0.3) is 10.8 Å². The molecule has 16 heavy (non-hydrogen) atoms. The van der Waals surface area contributed by atoms with Crippen LogP contribution in [0.4, 0.5) is 0 Å². The number of hydrogen-bond acceptors (Lipinski definition) is 0. The van der Waals surface area contributed by atoms with Crippen molar-refractivity contribution < 1.29 is 26.2 Å². The molecular weight excluding hydrogens is 271 g/mol. The molecule has 2 aromatic rings. The van der Waals surface area contributed by atoms with E-state index in [0.717, 1.165) is 0 Å². The molecule has 1 heteroatoms. The Morgan fingerprint density at radius 2 is 1.12 bits per heavy atom. The van der Waals surface area contributed by atoms with Crippen molar-refractivity contribution >= 4 is 10.8 Å². The molecule has 2 aromatic carbocycles. The summed E-state index contributed by atoms with van der Waals surface area (Å²) in [7, 11) is 0. The van der Waals surface area contributed by atoms with Crippen LogP contribution < -0.4 is 0 Å². The molecule has 0 saturated heterocycles. The van der Waals surface area contributed by atoms with E-state index < -0.39 is 0 Å². The summed E-state index contributed by atoms with van der Waals surface area (Å²) < 4.78 is 0. The third-order valence-corrected chi connectivity index (χ3v) is 4.06. The Hall–Kier alpha value is -0.287. The molecule has 0 aliphatic carbocycles. The quantitative estimate of drug-likeness (QED) is 0.631. The van der Waals surface area contributed by atoms with Crippen LogP contribution in [-0.2, 0) is 26.2 Å². The minimum absolute atomic E-state index is 0. The first-order chi connectivity index (χ1) is 6.95. The topological polar surface area (TPSA) is 0 Å². The second-order valence-electron chi connectivity index (χ2n) is 4.74. The maximum atomic E-state index is 2.33. The predicted molar refractivity (Wildman–Crippen MR) is 68.0 cm³/mol. The molecule has 0 atom stereocenters. The third kappa shape index (κ3) is 1.74. The summed E-state index contributed by atoms with van der Waals surface area (Å²) in [4.78, 5) is 0. The van der Waals surface area contributed by atoms with Gasteiger partial charge in [-0.25, -0.2) is 0 Å². The molecule has 0 fully saturated rings. The van der Waals surface area contributed by atoms with E-state index in [1.54, 1.807) is 0 Å². The van der Waals surface area contributed by atoms with Crippen molar-refractivity contribution in [3.8, 4) is 0 Å². The van der Waals surface area contributed by atoms with Crippen LogP contribution in [0.15, 0.2) is 6.07 Å². The summed E-state index contributed by atoms with van der Waals surface area (Å²) >= 11 is 0. The fourth-order valence-electron chi connectivity index (χ4n) is 2.53. The Kier molecular flexibility index (Phi) is 3.90. The zero-order chi connectivity index (χ0) is 11.3. The zero-order valence-corrected chi connectivity index (χ0v) is 13.5. The van der Waals surface area contributed by atoms with E-state index in [4.69, 9.17) is 0 Å². The molecule has 0 aromatic heterocycles. The average molecular weight is 291 g/mol. The maximum absolute atomic E-state index is 2.33. The van der Waals surface area contributed by atoms with Gasteiger partial charge in [-0.1, -0.05) is 37.5 Å². The molecule has 0 spiro atoms. The number of fused-ring (bicyclic) bond motifs is 1. The van der Waals surface area contributed by atoms with E-state index in [0.29, 0.717) is 0 Å². The van der Waals surface area contributed by atoms with Crippen molar-refractivity contribution in [2.45, 2.75) is 41.5 Å². The first kappa shape index (κ1) is 13.8. The van der Waals surface area contributed by atoms with Gasteiger partial charge in [-0.05, 0) is 20.8 Å². The summed E-state index contributed by atoms with van der Waals surface area (Å²) in [6.07, 6.45) is 0. The van der Waals surface area contributed by atoms with E-state index >= 15 is 0 Å². The van der Waals surface area contributed by atoms with Crippen LogP contribution in [0.1, 0.15) is 33.4 Å². The molecule has 0 amide bonds. The summed E-state index contributed by atoms with van der Waals surface area (Å²) in [6, 6.07) is 2.33. The molecular formula is C15H19Zr-. The second kappa shape index (κ2) is 4.53. The average Bonchev–Trinajstić information content (AvgIpc) is 2.50. The normalized spacial score (nSPS) is 10.6. The Labute approximate surface area is 118 Å². The van der Waals surface area contributed by atoms with Gasteiger partial charge in [-0.2, -0.15) is 5.56 Å². The van der Waals surface area contributed by atoms with Crippen molar-refractivity contribution in [3.63, 3.8) is 0 Å². The van der Waals surface area contributed by atoms with Gasteiger partial charge in [0.1, 0.15) is 0 Å². The van der Waals surface area contributed by atoms with Crippen molar-refractivity contribution in [2.24, 2.45) is 0 Å². The predicted octanol–water partition coefficient (Wildman–Crippen LogP) is 4.41. The van der Waals surface area contributed by atoms with Crippen LogP contribution in [0.5, 0.6) is 0 Å². The van der Waals surface area contributed by atoms with Gasteiger partial charge in [-0.15, -0.1) is 28.0 Å². The number of aryl methyl sites for hydroxylation is 4. The van der Waals surface area contributed by atoms with Crippen molar-refractivity contribution in [1.29, 1.82) is 0 Å². The molecule has 0 heterocycles. The van der Waals surface area contributed by atoms with E-state index in [9.17, 15) is 0 Å². The number of benzene rings is 1. The SMILES string of the molecule is Cc1[cH-]c2c(C)c(C)c(C)c(C)c2c1C.[Zr]. The first-order valence-electron chi connectivity index (χ1n) is 5.58. The molecule has 0 bridgehead atoms. The van der Waals surface area contributed by atoms with Crippen molar-refractivity contribution in [2.75, 3.05) is 0 Å². The maximum Gasteiger partial charge on any atom is 0 e. The van der Waals surface area contributed by atoms with Gasteiger partial charge in [0.15, 0.2) is 0 Å². The Morgan fingerprint density at radius 1 is 0.625 bits per heavy atom. The fraction of sp³-hybridized carbons (Fsp3) is 0.400. The Morgan fingerprint density at radius 3 is 1.69 bits per heavy atom. The van der Waals surface area contributed by atoms with Gasteiger partial charge in [0.2, 0.25) is 0 Å². The Bertz CT molecular complexity index is 545. The molecule has 0 unspecified atom stereocenters. The smallest absolute Gasteiger partial charge is 0 e. The molecule has 2 rings (SSSR count). The minimum atomic E-state index is 0. The van der Waals surface area contributed by atoms with Crippen LogP contribution in [0.3, 0.4) is 0 Å². The van der Waals surface area contributed by atoms with Crippen LogP contribution in [-0.4, -0.2) is 0 Å². The summed E-state index contributed by atoms with van der Waals surface area (Å²) in [6.45, 7) is 13.4. The monoisotopic (exact) mass is 289 g/mol. The molecule has 84 valence electrons. The van der Waals surface area contributed by atoms with Gasteiger partial charge in [-0.3, -0.25) is 0 Å². The molecule has 0 nitrogen and oxygen atoms in total. The third-order valence-electron chi connectivity index (χ3n) is 4.06. The van der Waals surface area contributed by atoms with Crippen molar-refractivity contribution in [3.05, 3.63) is 39.4 Å². The van der Waals surface area contributed by atoms with Crippen LogP contribution in [0, 0.1) is 41.5 Å². The summed E-state index contributed by atoms with van der Waals surface area (Å²) in [5, 5.41) is 2.93. The summed E-state index contributed by atoms with van der Waals surface area (Å²) in [5.41, 5.74) is 8.68. The van der Waals surface area contributed by atoms with E-state index in [1.165, 1.54) is 44.2 Å². The van der Waals surface area contributed by atoms with E-state index in [1.807, 2.05) is 0 Å². The second-order valence-corrected chi connectivity index (χ2v) is 4.74. The van der Waals surface area contributed by atoms with Crippen molar-refractivity contribution in [1.82, 2.24) is 0 Å². The van der Waals surface area contributed by atoms with Gasteiger partial charge in [0.25, 0.3) is 0 Å². The van der Waals surface area contributed by atoms with E-state index in [-0.39, 0.29) is 26.2 Å². The minimum Gasteiger partial charge on any atom is -0.153 e. The van der Waals surface area contributed by atoms with Gasteiger partial charge < -0.3 is 0 Å². The van der Waals surface area contributed by atoms with Crippen LogP contribution in [0.2, 0.25) is 0 Å². The Balaban J connectivity index is 0.00000128.